The molecule has 0 aliphatic rings. The van der Waals surface area contributed by atoms with Crippen LogP contribution < -0.4 is 20.2 Å². The summed E-state index contributed by atoms with van der Waals surface area (Å²) in [7, 11) is 1.55. The Kier molecular flexibility index (Phi) is 9.15. The molecule has 0 fully saturated rings. The van der Waals surface area contributed by atoms with Crippen molar-refractivity contribution in [3.05, 3.63) is 57.6 Å². The highest BCUT2D eigenvalue weighted by Gasteiger charge is 2.25. The number of amides is 2. The van der Waals surface area contributed by atoms with E-state index in [1.807, 2.05) is 20.8 Å². The van der Waals surface area contributed by atoms with Gasteiger partial charge in [0, 0.05) is 10.6 Å². The fraction of sp³-hybridized carbons (Fsp3) is 0.318. The number of carbonyl (C=O) groups is 2. The van der Waals surface area contributed by atoms with E-state index < -0.39 is 17.9 Å². The number of hydrazone groups is 1. The molecule has 2 amide bonds. The second-order valence-electron chi connectivity index (χ2n) is 6.87. The third-order valence-electron chi connectivity index (χ3n) is 4.31. The molecule has 7 nitrogen and oxygen atoms in total. The van der Waals surface area contributed by atoms with E-state index >= 15 is 0 Å². The molecule has 0 heterocycles. The molecule has 0 saturated heterocycles. The Hall–Kier alpha value is -2.77. The summed E-state index contributed by atoms with van der Waals surface area (Å²) < 4.78 is 10.9. The quantitative estimate of drug-likeness (QED) is 0.426. The van der Waals surface area contributed by atoms with E-state index in [4.69, 9.17) is 32.7 Å². The van der Waals surface area contributed by atoms with E-state index in [2.05, 4.69) is 15.8 Å². The molecule has 9 heteroatoms. The van der Waals surface area contributed by atoms with Crippen LogP contribution in [0, 0.1) is 5.92 Å². The summed E-state index contributed by atoms with van der Waals surface area (Å²) in [6, 6.07) is 9.05. The molecule has 0 saturated carbocycles. The Bertz CT molecular complexity index is 964. The average molecular weight is 466 g/mol. The van der Waals surface area contributed by atoms with E-state index in [0.717, 1.165) is 0 Å². The highest BCUT2D eigenvalue weighted by molar-refractivity contribution is 6.36. The third-order valence-corrected chi connectivity index (χ3v) is 4.86. The van der Waals surface area contributed by atoms with Crippen molar-refractivity contribution in [1.29, 1.82) is 0 Å². The van der Waals surface area contributed by atoms with Crippen molar-refractivity contribution in [2.24, 2.45) is 11.0 Å². The summed E-state index contributed by atoms with van der Waals surface area (Å²) in [6.45, 7) is 5.93. The summed E-state index contributed by atoms with van der Waals surface area (Å²) in [5.74, 6) is -0.0571. The van der Waals surface area contributed by atoms with Gasteiger partial charge in [-0.2, -0.15) is 5.10 Å². The van der Waals surface area contributed by atoms with E-state index in [1.54, 1.807) is 31.4 Å². The molecular weight excluding hydrogens is 441 g/mol. The Morgan fingerprint density at radius 1 is 1.19 bits per heavy atom. The monoisotopic (exact) mass is 465 g/mol. The molecule has 2 aromatic carbocycles. The molecule has 0 aromatic heterocycles. The first-order chi connectivity index (χ1) is 14.8. The molecule has 0 aliphatic carbocycles. The predicted octanol–water partition coefficient (Wildman–Crippen LogP) is 4.31. The number of hydrogen-bond acceptors (Lipinski definition) is 5. The van der Waals surface area contributed by atoms with Gasteiger partial charge in [0.05, 0.1) is 30.5 Å². The van der Waals surface area contributed by atoms with Crippen molar-refractivity contribution < 1.29 is 19.1 Å². The van der Waals surface area contributed by atoms with Gasteiger partial charge < -0.3 is 14.8 Å². The van der Waals surface area contributed by atoms with Gasteiger partial charge in [-0.25, -0.2) is 5.43 Å². The average Bonchev–Trinajstić information content (AvgIpc) is 2.72. The molecule has 2 rings (SSSR count). The van der Waals surface area contributed by atoms with Crippen LogP contribution in [0.5, 0.6) is 11.5 Å². The molecule has 1 unspecified atom stereocenters. The summed E-state index contributed by atoms with van der Waals surface area (Å²) in [5.41, 5.74) is 3.33. The second kappa shape index (κ2) is 11.6. The lowest BCUT2D eigenvalue weighted by molar-refractivity contribution is -0.123. The number of hydrogen-bond donors (Lipinski definition) is 2. The second-order valence-corrected chi connectivity index (χ2v) is 7.71. The zero-order valence-corrected chi connectivity index (χ0v) is 19.3. The van der Waals surface area contributed by atoms with Crippen LogP contribution in [0.3, 0.4) is 0 Å². The number of ether oxygens (including phenoxy) is 2. The number of methoxy groups -OCH3 is 1. The van der Waals surface area contributed by atoms with Crippen molar-refractivity contribution >= 4 is 41.2 Å². The van der Waals surface area contributed by atoms with Crippen molar-refractivity contribution in [3.8, 4) is 11.5 Å². The lowest BCUT2D eigenvalue weighted by Gasteiger charge is -2.20. The van der Waals surface area contributed by atoms with Crippen LogP contribution >= 0.6 is 23.2 Å². The molecule has 0 radical (unpaired) electrons. The first-order valence-electron chi connectivity index (χ1n) is 9.67. The Labute approximate surface area is 191 Å². The van der Waals surface area contributed by atoms with Crippen LogP contribution in [0.25, 0.3) is 0 Å². The molecule has 1 atom stereocenters. The Morgan fingerprint density at radius 2 is 1.94 bits per heavy atom. The highest BCUT2D eigenvalue weighted by Crippen LogP contribution is 2.30. The van der Waals surface area contributed by atoms with Gasteiger partial charge in [-0.15, -0.1) is 0 Å². The number of carbonyl (C=O) groups excluding carboxylic acids is 2. The summed E-state index contributed by atoms with van der Waals surface area (Å²) in [4.78, 5) is 25.3. The van der Waals surface area contributed by atoms with Crippen LogP contribution in [0.2, 0.25) is 10.0 Å². The van der Waals surface area contributed by atoms with Crippen molar-refractivity contribution in [2.45, 2.75) is 26.8 Å². The zero-order chi connectivity index (χ0) is 23.0. The van der Waals surface area contributed by atoms with Gasteiger partial charge in [-0.1, -0.05) is 43.1 Å². The van der Waals surface area contributed by atoms with Gasteiger partial charge >= 0.3 is 0 Å². The van der Waals surface area contributed by atoms with Gasteiger partial charge in [0.1, 0.15) is 6.04 Å². The number of benzene rings is 2. The van der Waals surface area contributed by atoms with Gasteiger partial charge in [-0.3, -0.25) is 9.59 Å². The maximum Gasteiger partial charge on any atom is 0.262 e. The third kappa shape index (κ3) is 6.60. The fourth-order valence-corrected chi connectivity index (χ4v) is 3.25. The standard InChI is InChI=1S/C22H25Cl2N3O4/c1-5-31-20-14(7-6-8-18(20)30-4)12-25-27-22(29)19(13(2)3)26-21(28)16-10-9-15(23)11-17(16)24/h6-13,19H,5H2,1-4H3,(H,26,28)(H,27,29)/b25-12+. The predicted molar refractivity (Wildman–Crippen MR) is 122 cm³/mol. The van der Waals surface area contributed by atoms with Crippen molar-refractivity contribution in [2.75, 3.05) is 13.7 Å². The first-order valence-corrected chi connectivity index (χ1v) is 10.4. The number of halogens is 2. The van der Waals surface area contributed by atoms with Gasteiger partial charge in [-0.05, 0) is 43.2 Å². The first kappa shape index (κ1) is 24.5. The van der Waals surface area contributed by atoms with Crippen LogP contribution in [-0.2, 0) is 4.79 Å². The van der Waals surface area contributed by atoms with Crippen LogP contribution in [0.1, 0.15) is 36.7 Å². The van der Waals surface area contributed by atoms with Gasteiger partial charge in [0.2, 0.25) is 0 Å². The maximum absolute atomic E-state index is 12.7. The highest BCUT2D eigenvalue weighted by atomic mass is 35.5. The maximum atomic E-state index is 12.7. The minimum Gasteiger partial charge on any atom is -0.493 e. The molecule has 2 N–H and O–H groups in total. The summed E-state index contributed by atoms with van der Waals surface area (Å²) in [5, 5.41) is 7.33. The van der Waals surface area contributed by atoms with E-state index in [1.165, 1.54) is 18.3 Å². The van der Waals surface area contributed by atoms with Crippen molar-refractivity contribution in [1.82, 2.24) is 10.7 Å². The number of nitrogens with zero attached hydrogens (tertiary/aromatic N) is 1. The molecular formula is C22H25Cl2N3O4. The van der Waals surface area contributed by atoms with Crippen LogP contribution in [0.15, 0.2) is 41.5 Å². The molecule has 0 aliphatic heterocycles. The SMILES string of the molecule is CCOc1c(/C=N/NC(=O)C(NC(=O)c2ccc(Cl)cc2Cl)C(C)C)cccc1OC. The van der Waals surface area contributed by atoms with E-state index in [9.17, 15) is 9.59 Å². The van der Waals surface area contributed by atoms with Crippen molar-refractivity contribution in [3.63, 3.8) is 0 Å². The molecule has 2 aromatic rings. The number of para-hydroxylation sites is 1. The smallest absolute Gasteiger partial charge is 0.262 e. The summed E-state index contributed by atoms with van der Waals surface area (Å²) in [6.07, 6.45) is 1.46. The zero-order valence-electron chi connectivity index (χ0n) is 17.7. The molecule has 166 valence electrons. The Morgan fingerprint density at radius 3 is 2.55 bits per heavy atom. The topological polar surface area (TPSA) is 89.0 Å². The van der Waals surface area contributed by atoms with E-state index in [-0.39, 0.29) is 16.5 Å². The van der Waals surface area contributed by atoms with Gasteiger partial charge in [0.15, 0.2) is 11.5 Å². The van der Waals surface area contributed by atoms with Crippen LogP contribution in [-0.4, -0.2) is 37.8 Å². The lowest BCUT2D eigenvalue weighted by Crippen LogP contribution is -2.48. The minimum atomic E-state index is -0.826. The molecule has 31 heavy (non-hydrogen) atoms. The fourth-order valence-electron chi connectivity index (χ4n) is 2.76. The number of rotatable bonds is 9. The largest absolute Gasteiger partial charge is 0.493 e. The molecule has 0 spiro atoms. The Balaban J connectivity index is 2.12. The summed E-state index contributed by atoms with van der Waals surface area (Å²) >= 11 is 12.0. The normalized spacial score (nSPS) is 12.0. The minimum absolute atomic E-state index is 0.193. The van der Waals surface area contributed by atoms with Crippen LogP contribution in [0.4, 0.5) is 0 Å². The van der Waals surface area contributed by atoms with Gasteiger partial charge in [0.25, 0.3) is 11.8 Å². The van der Waals surface area contributed by atoms with E-state index in [0.29, 0.717) is 28.7 Å². The number of nitrogens with one attached hydrogen (secondary N) is 2. The molecule has 0 bridgehead atoms. The lowest BCUT2D eigenvalue weighted by atomic mass is 10.0.